The maximum Gasteiger partial charge on any atom is 0.240 e. The number of amides is 1. The molecule has 8 heteroatoms. The summed E-state index contributed by atoms with van der Waals surface area (Å²) in [6, 6.07) is 7.23. The molecule has 2 heterocycles. The zero-order valence-electron chi connectivity index (χ0n) is 14.4. The zero-order chi connectivity index (χ0) is 17.6. The molecule has 1 aliphatic rings. The topological polar surface area (TPSA) is 89.7 Å². The largest absolute Gasteiger partial charge is 0.495 e. The van der Waals surface area contributed by atoms with Crippen LogP contribution in [0.5, 0.6) is 5.75 Å². The molecule has 134 valence electrons. The molecule has 2 aromatic rings. The molecule has 1 aliphatic heterocycles. The number of hydrogen-bond acceptors (Lipinski definition) is 7. The maximum absolute atomic E-state index is 12.2. The van der Waals surface area contributed by atoms with E-state index in [1.54, 1.807) is 19.2 Å². The van der Waals surface area contributed by atoms with Crippen molar-refractivity contribution < 1.29 is 18.8 Å². The lowest BCUT2D eigenvalue weighted by molar-refractivity contribution is -0.115. The molecule has 3 rings (SSSR count). The number of nitrogens with one attached hydrogen (secondary N) is 1. The standard InChI is InChI=1S/C17H22N4O4/c1-12-10-21(7-8-24-12)11-17-19-15(20-25-17)9-16(22)18-13-5-3-4-6-14(13)23-2/h3-6,12H,7-11H2,1-2H3,(H,18,22). The van der Waals surface area contributed by atoms with Gasteiger partial charge in [0.25, 0.3) is 0 Å². The number of nitrogens with zero attached hydrogens (tertiary/aromatic N) is 3. The molecule has 1 N–H and O–H groups in total. The second kappa shape index (κ2) is 8.09. The van der Waals surface area contributed by atoms with E-state index in [1.165, 1.54) is 0 Å². The molecule has 1 fully saturated rings. The number of carbonyl (C=O) groups excluding carboxylic acids is 1. The van der Waals surface area contributed by atoms with Gasteiger partial charge in [-0.1, -0.05) is 17.3 Å². The van der Waals surface area contributed by atoms with Crippen LogP contribution in [0.4, 0.5) is 5.69 Å². The number of para-hydroxylation sites is 2. The van der Waals surface area contributed by atoms with Gasteiger partial charge in [0.05, 0.1) is 38.5 Å². The average molecular weight is 346 g/mol. The van der Waals surface area contributed by atoms with Gasteiger partial charge in [-0.25, -0.2) is 0 Å². The molecular formula is C17H22N4O4. The van der Waals surface area contributed by atoms with Crippen LogP contribution in [0.3, 0.4) is 0 Å². The van der Waals surface area contributed by atoms with Crippen molar-refractivity contribution in [3.8, 4) is 5.75 Å². The molecule has 1 saturated heterocycles. The minimum Gasteiger partial charge on any atom is -0.495 e. The molecule has 1 aromatic heterocycles. The molecule has 1 atom stereocenters. The highest BCUT2D eigenvalue weighted by Gasteiger charge is 2.20. The first-order valence-electron chi connectivity index (χ1n) is 8.22. The van der Waals surface area contributed by atoms with Crippen molar-refractivity contribution in [2.24, 2.45) is 0 Å². The van der Waals surface area contributed by atoms with Crippen LogP contribution in [0.1, 0.15) is 18.6 Å². The third-order valence-electron chi connectivity index (χ3n) is 3.89. The van der Waals surface area contributed by atoms with Crippen LogP contribution in [0.2, 0.25) is 0 Å². The van der Waals surface area contributed by atoms with Crippen molar-refractivity contribution in [1.82, 2.24) is 15.0 Å². The zero-order valence-corrected chi connectivity index (χ0v) is 14.4. The Morgan fingerprint density at radius 3 is 3.08 bits per heavy atom. The SMILES string of the molecule is COc1ccccc1NC(=O)Cc1noc(CN2CCOC(C)C2)n1. The van der Waals surface area contributed by atoms with Gasteiger partial charge in [0.2, 0.25) is 11.8 Å². The number of aromatic nitrogens is 2. The molecule has 0 bridgehead atoms. The fourth-order valence-corrected chi connectivity index (χ4v) is 2.74. The van der Waals surface area contributed by atoms with Gasteiger partial charge < -0.3 is 19.3 Å². The first-order valence-corrected chi connectivity index (χ1v) is 8.22. The second-order valence-electron chi connectivity index (χ2n) is 5.95. The number of morpholine rings is 1. The highest BCUT2D eigenvalue weighted by atomic mass is 16.5. The van der Waals surface area contributed by atoms with E-state index in [9.17, 15) is 4.79 Å². The quantitative estimate of drug-likeness (QED) is 0.847. The normalized spacial score (nSPS) is 18.1. The number of carbonyl (C=O) groups is 1. The number of rotatable bonds is 6. The summed E-state index contributed by atoms with van der Waals surface area (Å²) in [6.07, 6.45) is 0.240. The van der Waals surface area contributed by atoms with Crippen LogP contribution in [0.25, 0.3) is 0 Å². The van der Waals surface area contributed by atoms with Crippen LogP contribution in [-0.2, 0) is 22.5 Å². The van der Waals surface area contributed by atoms with Gasteiger partial charge in [-0.2, -0.15) is 4.98 Å². The van der Waals surface area contributed by atoms with Crippen LogP contribution >= 0.6 is 0 Å². The number of benzene rings is 1. The van der Waals surface area contributed by atoms with E-state index < -0.39 is 0 Å². The predicted octanol–water partition coefficient (Wildman–Crippen LogP) is 1.48. The average Bonchev–Trinajstić information content (AvgIpc) is 3.02. The summed E-state index contributed by atoms with van der Waals surface area (Å²) in [6.45, 7) is 4.95. The van der Waals surface area contributed by atoms with E-state index in [0.29, 0.717) is 36.3 Å². The molecule has 8 nitrogen and oxygen atoms in total. The molecule has 0 aliphatic carbocycles. The first-order chi connectivity index (χ1) is 12.1. The van der Waals surface area contributed by atoms with Crippen molar-refractivity contribution in [1.29, 1.82) is 0 Å². The number of methoxy groups -OCH3 is 1. The predicted molar refractivity (Wildman–Crippen MR) is 90.3 cm³/mol. The highest BCUT2D eigenvalue weighted by molar-refractivity contribution is 5.93. The maximum atomic E-state index is 12.2. The van der Waals surface area contributed by atoms with Gasteiger partial charge in [-0.15, -0.1) is 0 Å². The van der Waals surface area contributed by atoms with Crippen molar-refractivity contribution in [3.05, 3.63) is 36.0 Å². The van der Waals surface area contributed by atoms with E-state index in [4.69, 9.17) is 14.0 Å². The Morgan fingerprint density at radius 2 is 2.28 bits per heavy atom. The Kier molecular flexibility index (Phi) is 5.62. The van der Waals surface area contributed by atoms with Gasteiger partial charge in [0.15, 0.2) is 5.82 Å². The molecule has 1 unspecified atom stereocenters. The summed E-state index contributed by atoms with van der Waals surface area (Å²) in [5.41, 5.74) is 0.612. The summed E-state index contributed by atoms with van der Waals surface area (Å²) in [5, 5.41) is 6.68. The lowest BCUT2D eigenvalue weighted by Gasteiger charge is -2.29. The van der Waals surface area contributed by atoms with Gasteiger partial charge >= 0.3 is 0 Å². The van der Waals surface area contributed by atoms with E-state index >= 15 is 0 Å². The Balaban J connectivity index is 1.54. The fourth-order valence-electron chi connectivity index (χ4n) is 2.74. The van der Waals surface area contributed by atoms with Gasteiger partial charge in [0, 0.05) is 13.1 Å². The second-order valence-corrected chi connectivity index (χ2v) is 5.95. The first kappa shape index (κ1) is 17.4. The Morgan fingerprint density at radius 1 is 1.44 bits per heavy atom. The van der Waals surface area contributed by atoms with E-state index in [0.717, 1.165) is 13.1 Å². The Bertz CT molecular complexity index is 718. The van der Waals surface area contributed by atoms with Crippen LogP contribution in [0, 0.1) is 0 Å². The van der Waals surface area contributed by atoms with E-state index in [-0.39, 0.29) is 18.4 Å². The van der Waals surface area contributed by atoms with Gasteiger partial charge in [-0.3, -0.25) is 9.69 Å². The highest BCUT2D eigenvalue weighted by Crippen LogP contribution is 2.23. The van der Waals surface area contributed by atoms with Gasteiger partial charge in [0.1, 0.15) is 5.75 Å². The van der Waals surface area contributed by atoms with Crippen LogP contribution < -0.4 is 10.1 Å². The molecule has 0 spiro atoms. The minimum atomic E-state index is -0.225. The summed E-state index contributed by atoms with van der Waals surface area (Å²) in [5.74, 6) is 1.25. The smallest absolute Gasteiger partial charge is 0.240 e. The van der Waals surface area contributed by atoms with Crippen molar-refractivity contribution >= 4 is 11.6 Å². The molecule has 1 amide bonds. The van der Waals surface area contributed by atoms with Crippen LogP contribution in [-0.4, -0.2) is 53.9 Å². The lowest BCUT2D eigenvalue weighted by Crippen LogP contribution is -2.40. The fraction of sp³-hybridized carbons (Fsp3) is 0.471. The molecule has 0 radical (unpaired) electrons. The lowest BCUT2D eigenvalue weighted by atomic mass is 10.2. The summed E-state index contributed by atoms with van der Waals surface area (Å²) >= 11 is 0. The number of ether oxygens (including phenoxy) is 2. The van der Waals surface area contributed by atoms with Crippen LogP contribution in [0.15, 0.2) is 28.8 Å². The van der Waals surface area contributed by atoms with E-state index in [1.807, 2.05) is 19.1 Å². The summed E-state index contributed by atoms with van der Waals surface area (Å²) in [7, 11) is 1.56. The third kappa shape index (κ3) is 4.77. The molecular weight excluding hydrogens is 324 g/mol. The molecule has 0 saturated carbocycles. The summed E-state index contributed by atoms with van der Waals surface area (Å²) in [4.78, 5) is 18.7. The number of hydrogen-bond donors (Lipinski definition) is 1. The van der Waals surface area contributed by atoms with Crippen molar-refractivity contribution in [2.75, 3.05) is 32.1 Å². The van der Waals surface area contributed by atoms with Gasteiger partial charge in [-0.05, 0) is 19.1 Å². The molecule has 25 heavy (non-hydrogen) atoms. The Hall–Kier alpha value is -2.45. The molecule has 1 aromatic carbocycles. The summed E-state index contributed by atoms with van der Waals surface area (Å²) < 4.78 is 16.0. The van der Waals surface area contributed by atoms with Crippen molar-refractivity contribution in [2.45, 2.75) is 26.0 Å². The monoisotopic (exact) mass is 346 g/mol. The Labute approximate surface area is 146 Å². The third-order valence-corrected chi connectivity index (χ3v) is 3.89. The van der Waals surface area contributed by atoms with E-state index in [2.05, 4.69) is 20.4 Å². The minimum absolute atomic E-state index is 0.0427. The van der Waals surface area contributed by atoms with Crippen molar-refractivity contribution in [3.63, 3.8) is 0 Å². The number of anilines is 1.